The molecule has 1 amide bonds. The molecule has 25 heavy (non-hydrogen) atoms. The van der Waals surface area contributed by atoms with Crippen LogP contribution in [0.1, 0.15) is 10.4 Å². The summed E-state index contributed by atoms with van der Waals surface area (Å²) in [5.41, 5.74) is 1.04. The van der Waals surface area contributed by atoms with Crippen LogP contribution in [0.3, 0.4) is 0 Å². The minimum absolute atomic E-state index is 0.142. The molecule has 0 aliphatic carbocycles. The van der Waals surface area contributed by atoms with Gasteiger partial charge in [-0.15, -0.1) is 0 Å². The van der Waals surface area contributed by atoms with Crippen molar-refractivity contribution in [3.63, 3.8) is 0 Å². The van der Waals surface area contributed by atoms with Crippen LogP contribution >= 0.6 is 35.4 Å². The Labute approximate surface area is 161 Å². The van der Waals surface area contributed by atoms with E-state index in [1.807, 2.05) is 0 Å². The third-order valence-electron chi connectivity index (χ3n) is 3.02. The molecule has 2 rings (SSSR count). The topological polar surface area (TPSA) is 59.6 Å². The van der Waals surface area contributed by atoms with Gasteiger partial charge in [0.2, 0.25) is 0 Å². The Bertz CT molecular complexity index is 734. The molecule has 0 saturated heterocycles. The average Bonchev–Trinajstić information content (AvgIpc) is 2.54. The molecule has 2 N–H and O–H groups in total. The number of ether oxygens (including phenoxy) is 2. The van der Waals surface area contributed by atoms with Crippen molar-refractivity contribution >= 4 is 52.1 Å². The Morgan fingerprint density at radius 2 is 1.72 bits per heavy atom. The molecule has 0 aromatic heterocycles. The molecule has 0 heterocycles. The summed E-state index contributed by atoms with van der Waals surface area (Å²) in [6, 6.07) is 11.6. The van der Waals surface area contributed by atoms with Crippen molar-refractivity contribution in [1.29, 1.82) is 0 Å². The number of halogens is 2. The molecule has 8 heteroatoms. The summed E-state index contributed by atoms with van der Waals surface area (Å²) < 4.78 is 10.3. The molecule has 0 spiro atoms. The molecule has 2 aromatic rings. The number of benzene rings is 2. The molecule has 0 atom stereocenters. The predicted octanol–water partition coefficient (Wildman–Crippen LogP) is 4.15. The molecule has 2 aromatic carbocycles. The van der Waals surface area contributed by atoms with Crippen molar-refractivity contribution in [3.8, 4) is 5.75 Å². The lowest BCUT2D eigenvalue weighted by Crippen LogP contribution is -2.34. The normalized spacial score (nSPS) is 10.2. The van der Waals surface area contributed by atoms with E-state index in [0.717, 1.165) is 0 Å². The highest BCUT2D eigenvalue weighted by Crippen LogP contribution is 2.22. The molecule has 0 aliphatic rings. The lowest BCUT2D eigenvalue weighted by atomic mass is 10.2. The number of thiocarbonyl (C=S) groups is 1. The van der Waals surface area contributed by atoms with Gasteiger partial charge in [-0.1, -0.05) is 23.2 Å². The van der Waals surface area contributed by atoms with E-state index >= 15 is 0 Å². The largest absolute Gasteiger partial charge is 0.491 e. The first-order valence-electron chi connectivity index (χ1n) is 7.28. The lowest BCUT2D eigenvalue weighted by Gasteiger charge is -2.11. The smallest absolute Gasteiger partial charge is 0.257 e. The standard InChI is InChI=1S/C17H16Cl2N2O3S/c1-23-6-7-24-15-4-2-11(3-5-15)16(22)21-17(25)20-14-9-12(18)8-13(19)10-14/h2-5,8-10H,6-7H2,1H3,(H2,20,21,22,25). The Morgan fingerprint density at radius 1 is 1.08 bits per heavy atom. The van der Waals surface area contributed by atoms with Crippen LogP contribution in [-0.2, 0) is 4.74 Å². The molecule has 5 nitrogen and oxygen atoms in total. The minimum atomic E-state index is -0.339. The molecule has 0 aliphatic heterocycles. The van der Waals surface area contributed by atoms with Gasteiger partial charge in [0, 0.05) is 28.4 Å². The Hall–Kier alpha value is -1.86. The third kappa shape index (κ3) is 6.51. The van der Waals surface area contributed by atoms with Crippen LogP contribution in [0.15, 0.2) is 42.5 Å². The number of rotatable bonds is 6. The summed E-state index contributed by atoms with van der Waals surface area (Å²) in [5, 5.41) is 6.53. The van der Waals surface area contributed by atoms with E-state index in [1.165, 1.54) is 0 Å². The fourth-order valence-electron chi connectivity index (χ4n) is 1.91. The van der Waals surface area contributed by atoms with Crippen molar-refractivity contribution in [2.75, 3.05) is 25.6 Å². The predicted molar refractivity (Wildman–Crippen MR) is 104 cm³/mol. The van der Waals surface area contributed by atoms with E-state index in [0.29, 0.717) is 40.3 Å². The highest BCUT2D eigenvalue weighted by molar-refractivity contribution is 7.80. The highest BCUT2D eigenvalue weighted by Gasteiger charge is 2.09. The summed E-state index contributed by atoms with van der Waals surface area (Å²) in [4.78, 5) is 12.2. The van der Waals surface area contributed by atoms with E-state index < -0.39 is 0 Å². The number of hydrogen-bond acceptors (Lipinski definition) is 4. The maximum Gasteiger partial charge on any atom is 0.257 e. The quantitative estimate of drug-likeness (QED) is 0.565. The zero-order valence-electron chi connectivity index (χ0n) is 13.3. The van der Waals surface area contributed by atoms with E-state index in [-0.39, 0.29) is 11.0 Å². The monoisotopic (exact) mass is 398 g/mol. The number of anilines is 1. The van der Waals surface area contributed by atoms with Crippen LogP contribution in [0.2, 0.25) is 10.0 Å². The van der Waals surface area contributed by atoms with Crippen molar-refractivity contribution in [2.45, 2.75) is 0 Å². The number of carbonyl (C=O) groups is 1. The first-order chi connectivity index (χ1) is 12.0. The molecule has 0 bridgehead atoms. The summed E-state index contributed by atoms with van der Waals surface area (Å²) >= 11 is 17.0. The van der Waals surface area contributed by atoms with Gasteiger partial charge in [-0.05, 0) is 54.7 Å². The summed E-state index contributed by atoms with van der Waals surface area (Å²) in [5.74, 6) is 0.317. The van der Waals surface area contributed by atoms with Crippen molar-refractivity contribution in [2.24, 2.45) is 0 Å². The van der Waals surface area contributed by atoms with Crippen molar-refractivity contribution < 1.29 is 14.3 Å². The maximum atomic E-state index is 12.2. The molecule has 0 saturated carbocycles. The van der Waals surface area contributed by atoms with E-state index in [2.05, 4.69) is 10.6 Å². The minimum Gasteiger partial charge on any atom is -0.491 e. The fraction of sp³-hybridized carbons (Fsp3) is 0.176. The molecular weight excluding hydrogens is 383 g/mol. The second-order valence-corrected chi connectivity index (χ2v) is 6.21. The Morgan fingerprint density at radius 3 is 2.32 bits per heavy atom. The van der Waals surface area contributed by atoms with Crippen LogP contribution in [-0.4, -0.2) is 31.3 Å². The van der Waals surface area contributed by atoms with Crippen LogP contribution < -0.4 is 15.4 Å². The van der Waals surface area contributed by atoms with Gasteiger partial charge >= 0.3 is 0 Å². The third-order valence-corrected chi connectivity index (χ3v) is 3.66. The Kier molecular flexibility index (Phi) is 7.46. The average molecular weight is 399 g/mol. The molecular formula is C17H16Cl2N2O3S. The Balaban J connectivity index is 1.91. The summed E-state index contributed by atoms with van der Waals surface area (Å²) in [7, 11) is 1.60. The van der Waals surface area contributed by atoms with Gasteiger partial charge in [0.1, 0.15) is 12.4 Å². The van der Waals surface area contributed by atoms with Gasteiger partial charge in [0.05, 0.1) is 6.61 Å². The summed E-state index contributed by atoms with van der Waals surface area (Å²) in [6.07, 6.45) is 0. The van der Waals surface area contributed by atoms with E-state index in [4.69, 9.17) is 44.9 Å². The van der Waals surface area contributed by atoms with E-state index in [9.17, 15) is 4.79 Å². The number of amides is 1. The molecule has 0 fully saturated rings. The van der Waals surface area contributed by atoms with Gasteiger partial charge in [0.25, 0.3) is 5.91 Å². The second-order valence-electron chi connectivity index (χ2n) is 4.93. The van der Waals surface area contributed by atoms with Crippen LogP contribution in [0.5, 0.6) is 5.75 Å². The maximum absolute atomic E-state index is 12.2. The van der Waals surface area contributed by atoms with Crippen LogP contribution in [0, 0.1) is 0 Å². The highest BCUT2D eigenvalue weighted by atomic mass is 35.5. The van der Waals surface area contributed by atoms with Crippen molar-refractivity contribution in [1.82, 2.24) is 5.32 Å². The van der Waals surface area contributed by atoms with Gasteiger partial charge in [-0.3, -0.25) is 10.1 Å². The second kappa shape index (κ2) is 9.58. The van der Waals surface area contributed by atoms with Crippen molar-refractivity contribution in [3.05, 3.63) is 58.1 Å². The molecule has 0 unspecified atom stereocenters. The fourth-order valence-corrected chi connectivity index (χ4v) is 2.65. The number of carbonyl (C=O) groups excluding carboxylic acids is 1. The SMILES string of the molecule is COCCOc1ccc(C(=O)NC(=S)Nc2cc(Cl)cc(Cl)c2)cc1. The van der Waals surface area contributed by atoms with E-state index in [1.54, 1.807) is 49.6 Å². The molecule has 132 valence electrons. The summed E-state index contributed by atoms with van der Waals surface area (Å²) in [6.45, 7) is 0.938. The zero-order chi connectivity index (χ0) is 18.2. The van der Waals surface area contributed by atoms with Gasteiger partial charge in [-0.2, -0.15) is 0 Å². The number of nitrogens with one attached hydrogen (secondary N) is 2. The first-order valence-corrected chi connectivity index (χ1v) is 8.44. The molecule has 0 radical (unpaired) electrons. The van der Waals surface area contributed by atoms with Gasteiger partial charge < -0.3 is 14.8 Å². The number of methoxy groups -OCH3 is 1. The first kappa shape index (κ1) is 19.5. The van der Waals surface area contributed by atoms with Crippen LogP contribution in [0.4, 0.5) is 5.69 Å². The van der Waals surface area contributed by atoms with Gasteiger partial charge in [0.15, 0.2) is 5.11 Å². The lowest BCUT2D eigenvalue weighted by molar-refractivity contribution is 0.0977. The zero-order valence-corrected chi connectivity index (χ0v) is 15.7. The van der Waals surface area contributed by atoms with Crippen LogP contribution in [0.25, 0.3) is 0 Å². The number of hydrogen-bond donors (Lipinski definition) is 2. The van der Waals surface area contributed by atoms with Gasteiger partial charge in [-0.25, -0.2) is 0 Å².